The molecule has 0 saturated heterocycles. The summed E-state index contributed by atoms with van der Waals surface area (Å²) >= 11 is 9.12. The average molecular weight is 433 g/mol. The SMILES string of the molecule is CCOc1ccc(C(=O)C2=C(SCC)S[C@H](c3ccc(Cl)cc3)CC2=O)cc1. The van der Waals surface area contributed by atoms with Gasteiger partial charge in [0.05, 0.1) is 16.4 Å². The van der Waals surface area contributed by atoms with Gasteiger partial charge in [-0.05, 0) is 54.6 Å². The molecule has 0 spiro atoms. The van der Waals surface area contributed by atoms with Crippen molar-refractivity contribution in [2.24, 2.45) is 0 Å². The third-order valence-corrected chi connectivity index (χ3v) is 7.07. The second-order valence-corrected chi connectivity index (χ2v) is 9.35. The van der Waals surface area contributed by atoms with Gasteiger partial charge in [-0.1, -0.05) is 30.7 Å². The van der Waals surface area contributed by atoms with Crippen molar-refractivity contribution in [3.05, 3.63) is 74.5 Å². The summed E-state index contributed by atoms with van der Waals surface area (Å²) in [6, 6.07) is 14.5. The molecule has 0 bridgehead atoms. The number of Topliss-reactive ketones (excluding diaryl/α,β-unsaturated/α-hetero) is 2. The first-order valence-electron chi connectivity index (χ1n) is 9.13. The lowest BCUT2D eigenvalue weighted by Gasteiger charge is -2.25. The van der Waals surface area contributed by atoms with E-state index in [2.05, 4.69) is 0 Å². The van der Waals surface area contributed by atoms with Crippen molar-refractivity contribution in [2.45, 2.75) is 25.5 Å². The number of benzene rings is 2. The molecule has 0 unspecified atom stereocenters. The Kier molecular flexibility index (Phi) is 7.27. The predicted octanol–water partition coefficient (Wildman–Crippen LogP) is 6.33. The van der Waals surface area contributed by atoms with Crippen LogP contribution in [-0.2, 0) is 4.79 Å². The zero-order valence-electron chi connectivity index (χ0n) is 15.7. The number of halogens is 1. The molecule has 1 aliphatic rings. The lowest BCUT2D eigenvalue weighted by Crippen LogP contribution is -2.20. The molecule has 0 aliphatic carbocycles. The lowest BCUT2D eigenvalue weighted by molar-refractivity contribution is -0.115. The van der Waals surface area contributed by atoms with E-state index in [0.29, 0.717) is 34.9 Å². The highest BCUT2D eigenvalue weighted by Gasteiger charge is 2.33. The van der Waals surface area contributed by atoms with Gasteiger partial charge in [0.2, 0.25) is 0 Å². The fourth-order valence-corrected chi connectivity index (χ4v) is 5.77. The summed E-state index contributed by atoms with van der Waals surface area (Å²) in [4.78, 5) is 26.0. The van der Waals surface area contributed by atoms with Crippen molar-refractivity contribution in [3.63, 3.8) is 0 Å². The molecule has 0 fully saturated rings. The van der Waals surface area contributed by atoms with Crippen LogP contribution in [0.25, 0.3) is 0 Å². The number of allylic oxidation sites excluding steroid dienone is 1. The smallest absolute Gasteiger partial charge is 0.198 e. The largest absolute Gasteiger partial charge is 0.494 e. The first-order chi connectivity index (χ1) is 13.5. The van der Waals surface area contributed by atoms with Gasteiger partial charge in [0, 0.05) is 22.3 Å². The molecule has 0 radical (unpaired) electrons. The van der Waals surface area contributed by atoms with Crippen LogP contribution in [0.4, 0.5) is 0 Å². The minimum absolute atomic E-state index is 0.00398. The molecule has 146 valence electrons. The molecule has 1 aliphatic heterocycles. The Morgan fingerprint density at radius 3 is 2.43 bits per heavy atom. The van der Waals surface area contributed by atoms with Crippen LogP contribution >= 0.6 is 35.1 Å². The van der Waals surface area contributed by atoms with Crippen LogP contribution in [0.15, 0.2) is 58.3 Å². The van der Waals surface area contributed by atoms with E-state index in [9.17, 15) is 9.59 Å². The zero-order valence-corrected chi connectivity index (χ0v) is 18.1. The van der Waals surface area contributed by atoms with Gasteiger partial charge >= 0.3 is 0 Å². The summed E-state index contributed by atoms with van der Waals surface area (Å²) in [5.74, 6) is 1.19. The van der Waals surface area contributed by atoms with Crippen LogP contribution < -0.4 is 4.74 Å². The second kappa shape index (κ2) is 9.68. The van der Waals surface area contributed by atoms with Crippen LogP contribution in [0.3, 0.4) is 0 Å². The number of rotatable bonds is 7. The normalized spacial score (nSPS) is 17.0. The monoisotopic (exact) mass is 432 g/mol. The molecule has 6 heteroatoms. The fourth-order valence-electron chi connectivity index (χ4n) is 2.95. The lowest BCUT2D eigenvalue weighted by atomic mass is 9.96. The van der Waals surface area contributed by atoms with E-state index in [4.69, 9.17) is 16.3 Å². The van der Waals surface area contributed by atoms with Crippen LogP contribution in [0.5, 0.6) is 5.75 Å². The average Bonchev–Trinajstić information content (AvgIpc) is 2.69. The van der Waals surface area contributed by atoms with Gasteiger partial charge in [-0.2, -0.15) is 0 Å². The second-order valence-electron chi connectivity index (χ2n) is 6.17. The van der Waals surface area contributed by atoms with Gasteiger partial charge in [-0.15, -0.1) is 23.5 Å². The zero-order chi connectivity index (χ0) is 20.1. The Hall–Kier alpha value is -1.69. The molecule has 3 rings (SSSR count). The minimum atomic E-state index is -0.217. The molecule has 0 amide bonds. The number of hydrogen-bond acceptors (Lipinski definition) is 5. The van der Waals surface area contributed by atoms with Gasteiger partial charge in [0.1, 0.15) is 5.75 Å². The number of ketones is 2. The highest BCUT2D eigenvalue weighted by Crippen LogP contribution is 2.48. The third kappa shape index (κ3) is 4.83. The van der Waals surface area contributed by atoms with Gasteiger partial charge in [-0.25, -0.2) is 0 Å². The predicted molar refractivity (Wildman–Crippen MR) is 119 cm³/mol. The Morgan fingerprint density at radius 1 is 1.14 bits per heavy atom. The third-order valence-electron chi connectivity index (χ3n) is 4.27. The van der Waals surface area contributed by atoms with Gasteiger partial charge in [-0.3, -0.25) is 9.59 Å². The Morgan fingerprint density at radius 2 is 1.82 bits per heavy atom. The Balaban J connectivity index is 1.90. The molecule has 0 aromatic heterocycles. The fraction of sp³-hybridized carbons (Fsp3) is 0.273. The van der Waals surface area contributed by atoms with Crippen molar-refractivity contribution in [1.29, 1.82) is 0 Å². The van der Waals surface area contributed by atoms with Crippen LogP contribution in [0, 0.1) is 0 Å². The maximum absolute atomic E-state index is 13.1. The van der Waals surface area contributed by atoms with Crippen molar-refractivity contribution in [2.75, 3.05) is 12.4 Å². The van der Waals surface area contributed by atoms with Crippen LogP contribution in [0.2, 0.25) is 5.02 Å². The molecule has 2 aromatic rings. The van der Waals surface area contributed by atoms with Crippen molar-refractivity contribution in [3.8, 4) is 5.75 Å². The highest BCUT2D eigenvalue weighted by atomic mass is 35.5. The topological polar surface area (TPSA) is 43.4 Å². The summed E-state index contributed by atoms with van der Waals surface area (Å²) in [7, 11) is 0. The number of hydrogen-bond donors (Lipinski definition) is 0. The Labute approximate surface area is 178 Å². The summed E-state index contributed by atoms with van der Waals surface area (Å²) in [5, 5.41) is 0.664. The van der Waals surface area contributed by atoms with Gasteiger partial charge in [0.15, 0.2) is 11.6 Å². The maximum Gasteiger partial charge on any atom is 0.198 e. The molecule has 0 saturated carbocycles. The molecular weight excluding hydrogens is 412 g/mol. The Bertz CT molecular complexity index is 889. The van der Waals surface area contributed by atoms with Crippen LogP contribution in [0.1, 0.15) is 41.4 Å². The van der Waals surface area contributed by atoms with Crippen molar-refractivity contribution >= 4 is 46.7 Å². The molecule has 3 nitrogen and oxygen atoms in total. The summed E-state index contributed by atoms with van der Waals surface area (Å²) in [6.45, 7) is 4.50. The highest BCUT2D eigenvalue weighted by molar-refractivity contribution is 8.22. The van der Waals surface area contributed by atoms with E-state index in [1.807, 2.05) is 38.1 Å². The number of carbonyl (C=O) groups is 2. The quantitative estimate of drug-likeness (QED) is 0.377. The first kappa shape index (κ1) is 21.0. The molecule has 1 atom stereocenters. The van der Waals surface area contributed by atoms with E-state index in [-0.39, 0.29) is 16.8 Å². The van der Waals surface area contributed by atoms with E-state index in [1.165, 1.54) is 0 Å². The number of thioether (sulfide) groups is 2. The standard InChI is InChI=1S/C22H21ClO3S2/c1-3-26-17-11-7-15(8-12-17)21(25)20-18(24)13-19(28-22(20)27-4-2)14-5-9-16(23)10-6-14/h5-12,19H,3-4,13H2,1-2H3/t19-/m0/s1. The van der Waals surface area contributed by atoms with E-state index >= 15 is 0 Å². The minimum Gasteiger partial charge on any atom is -0.494 e. The van der Waals surface area contributed by atoms with E-state index in [0.717, 1.165) is 15.6 Å². The molecule has 28 heavy (non-hydrogen) atoms. The number of ether oxygens (including phenoxy) is 1. The summed E-state index contributed by atoms with van der Waals surface area (Å²) < 4.78 is 6.23. The number of carbonyl (C=O) groups excluding carboxylic acids is 2. The summed E-state index contributed by atoms with van der Waals surface area (Å²) in [6.07, 6.45) is 0.304. The first-order valence-corrected chi connectivity index (χ1v) is 11.4. The van der Waals surface area contributed by atoms with E-state index in [1.54, 1.807) is 47.8 Å². The van der Waals surface area contributed by atoms with Gasteiger partial charge in [0.25, 0.3) is 0 Å². The van der Waals surface area contributed by atoms with Crippen molar-refractivity contribution < 1.29 is 14.3 Å². The van der Waals surface area contributed by atoms with Crippen molar-refractivity contribution in [1.82, 2.24) is 0 Å². The molecule has 2 aromatic carbocycles. The summed E-state index contributed by atoms with van der Waals surface area (Å²) in [5.41, 5.74) is 1.86. The van der Waals surface area contributed by atoms with Crippen LogP contribution in [-0.4, -0.2) is 23.9 Å². The molecular formula is C22H21ClO3S2. The van der Waals surface area contributed by atoms with Gasteiger partial charge < -0.3 is 4.74 Å². The molecule has 1 heterocycles. The van der Waals surface area contributed by atoms with E-state index < -0.39 is 0 Å². The molecule has 0 N–H and O–H groups in total. The maximum atomic E-state index is 13.1.